The third-order valence-electron chi connectivity index (χ3n) is 2.59. The van der Waals surface area contributed by atoms with Gasteiger partial charge in [0.25, 0.3) is 0 Å². The van der Waals surface area contributed by atoms with Crippen LogP contribution in [0, 0.1) is 6.92 Å². The summed E-state index contributed by atoms with van der Waals surface area (Å²) in [6.45, 7) is 7.95. The van der Waals surface area contributed by atoms with Gasteiger partial charge in [0, 0.05) is 0 Å². The number of rotatable bonds is 4. The van der Waals surface area contributed by atoms with E-state index in [2.05, 4.69) is 24.7 Å². The molecule has 0 aliphatic carbocycles. The van der Waals surface area contributed by atoms with Crippen LogP contribution < -0.4 is 4.74 Å². The molecule has 0 bridgehead atoms. The maximum Gasteiger partial charge on any atom is 0.346 e. The Balaban J connectivity index is 2.87. The number of benzene rings is 1. The Labute approximate surface area is 103 Å². The Bertz CT molecular complexity index is 396. The molecule has 0 radical (unpaired) electrons. The number of ether oxygens (including phenoxy) is 2. The lowest BCUT2D eigenvalue weighted by molar-refractivity contribution is -0.147. The molecule has 0 aliphatic rings. The lowest BCUT2D eigenvalue weighted by atomic mass is 10.0. The van der Waals surface area contributed by atoms with Crippen LogP contribution in [0.15, 0.2) is 18.2 Å². The highest BCUT2D eigenvalue weighted by Crippen LogP contribution is 2.23. The van der Waals surface area contributed by atoms with Crippen LogP contribution in [0.5, 0.6) is 5.75 Å². The Hall–Kier alpha value is -1.51. The molecule has 0 unspecified atom stereocenters. The number of hydrogen-bond acceptors (Lipinski definition) is 3. The molecule has 1 atom stereocenters. The van der Waals surface area contributed by atoms with E-state index in [9.17, 15) is 4.79 Å². The summed E-state index contributed by atoms with van der Waals surface area (Å²) in [4.78, 5) is 11.3. The van der Waals surface area contributed by atoms with E-state index in [0.29, 0.717) is 11.7 Å². The van der Waals surface area contributed by atoms with Gasteiger partial charge in [0.15, 0.2) is 6.10 Å². The molecule has 1 rings (SSSR count). The molecular formula is C14H20O3. The van der Waals surface area contributed by atoms with Crippen molar-refractivity contribution < 1.29 is 14.3 Å². The Kier molecular flexibility index (Phi) is 4.55. The molecular weight excluding hydrogens is 216 g/mol. The van der Waals surface area contributed by atoms with Gasteiger partial charge in [-0.15, -0.1) is 0 Å². The highest BCUT2D eigenvalue weighted by molar-refractivity contribution is 5.74. The summed E-state index contributed by atoms with van der Waals surface area (Å²) in [6.07, 6.45) is -0.582. The quantitative estimate of drug-likeness (QED) is 0.754. The molecule has 94 valence electrons. The molecule has 0 aromatic heterocycles. The van der Waals surface area contributed by atoms with E-state index in [1.54, 1.807) is 6.92 Å². The minimum atomic E-state index is -0.582. The van der Waals surface area contributed by atoms with Crippen molar-refractivity contribution in [2.45, 2.75) is 39.7 Å². The molecule has 1 aromatic rings. The normalized spacial score (nSPS) is 12.4. The number of carbonyl (C=O) groups excluding carboxylic acids is 1. The molecule has 0 spiro atoms. The van der Waals surface area contributed by atoms with Gasteiger partial charge in [0.05, 0.1) is 7.11 Å². The number of carbonyl (C=O) groups is 1. The molecule has 17 heavy (non-hydrogen) atoms. The zero-order valence-corrected chi connectivity index (χ0v) is 11.1. The van der Waals surface area contributed by atoms with Crippen LogP contribution in [0.4, 0.5) is 0 Å². The van der Waals surface area contributed by atoms with Crippen LogP contribution in [0.1, 0.15) is 37.8 Å². The van der Waals surface area contributed by atoms with Gasteiger partial charge in [-0.2, -0.15) is 0 Å². The fourth-order valence-corrected chi connectivity index (χ4v) is 1.60. The standard InChI is InChI=1S/C14H20O3/c1-9(2)12-6-10(3)7-13(8-12)17-11(4)14(15)16-5/h6-9,11H,1-5H3/t11-/m1/s1. The summed E-state index contributed by atoms with van der Waals surface area (Å²) in [6, 6.07) is 6.02. The molecule has 1 aromatic carbocycles. The zero-order valence-electron chi connectivity index (χ0n) is 11.1. The van der Waals surface area contributed by atoms with Crippen LogP contribution in [0.3, 0.4) is 0 Å². The third kappa shape index (κ3) is 3.77. The van der Waals surface area contributed by atoms with E-state index in [-0.39, 0.29) is 5.97 Å². The molecule has 0 aliphatic heterocycles. The first-order valence-electron chi connectivity index (χ1n) is 5.80. The highest BCUT2D eigenvalue weighted by atomic mass is 16.6. The van der Waals surface area contributed by atoms with Crippen molar-refractivity contribution in [3.63, 3.8) is 0 Å². The van der Waals surface area contributed by atoms with Gasteiger partial charge < -0.3 is 9.47 Å². The zero-order chi connectivity index (χ0) is 13.0. The average Bonchev–Trinajstić information content (AvgIpc) is 2.26. The molecule has 0 N–H and O–H groups in total. The van der Waals surface area contributed by atoms with E-state index in [1.807, 2.05) is 19.1 Å². The minimum Gasteiger partial charge on any atom is -0.479 e. The van der Waals surface area contributed by atoms with Crippen molar-refractivity contribution in [3.05, 3.63) is 29.3 Å². The van der Waals surface area contributed by atoms with Crippen molar-refractivity contribution in [3.8, 4) is 5.75 Å². The Morgan fingerprint density at radius 2 is 1.82 bits per heavy atom. The Morgan fingerprint density at radius 1 is 1.18 bits per heavy atom. The van der Waals surface area contributed by atoms with Gasteiger partial charge in [-0.05, 0) is 43.0 Å². The van der Waals surface area contributed by atoms with Gasteiger partial charge in [-0.1, -0.05) is 19.9 Å². The largest absolute Gasteiger partial charge is 0.479 e. The van der Waals surface area contributed by atoms with Crippen LogP contribution in [-0.2, 0) is 9.53 Å². The summed E-state index contributed by atoms with van der Waals surface area (Å²) in [7, 11) is 1.36. The van der Waals surface area contributed by atoms with Crippen molar-refractivity contribution in [1.29, 1.82) is 0 Å². The maximum atomic E-state index is 11.3. The SMILES string of the molecule is COC(=O)[C@@H](C)Oc1cc(C)cc(C(C)C)c1. The summed E-state index contributed by atoms with van der Waals surface area (Å²) >= 11 is 0. The first-order valence-corrected chi connectivity index (χ1v) is 5.80. The van der Waals surface area contributed by atoms with E-state index >= 15 is 0 Å². The van der Waals surface area contributed by atoms with Crippen LogP contribution in [0.2, 0.25) is 0 Å². The van der Waals surface area contributed by atoms with Gasteiger partial charge >= 0.3 is 5.97 Å². The molecule has 0 saturated heterocycles. The summed E-state index contributed by atoms with van der Waals surface area (Å²) in [5, 5.41) is 0. The van der Waals surface area contributed by atoms with Gasteiger partial charge in [0.2, 0.25) is 0 Å². The smallest absolute Gasteiger partial charge is 0.346 e. The number of esters is 1. The lowest BCUT2D eigenvalue weighted by Gasteiger charge is -2.15. The highest BCUT2D eigenvalue weighted by Gasteiger charge is 2.15. The van der Waals surface area contributed by atoms with Crippen molar-refractivity contribution in [1.82, 2.24) is 0 Å². The van der Waals surface area contributed by atoms with Crippen molar-refractivity contribution >= 4 is 5.97 Å². The van der Waals surface area contributed by atoms with Crippen LogP contribution in [-0.4, -0.2) is 19.2 Å². The minimum absolute atomic E-state index is 0.363. The van der Waals surface area contributed by atoms with E-state index in [4.69, 9.17) is 4.74 Å². The maximum absolute atomic E-state index is 11.3. The third-order valence-corrected chi connectivity index (χ3v) is 2.59. The molecule has 0 fully saturated rings. The molecule has 0 amide bonds. The topological polar surface area (TPSA) is 35.5 Å². The van der Waals surface area contributed by atoms with E-state index < -0.39 is 6.10 Å². The molecule has 3 nitrogen and oxygen atoms in total. The van der Waals surface area contributed by atoms with Crippen LogP contribution >= 0.6 is 0 Å². The van der Waals surface area contributed by atoms with Gasteiger partial charge in [-0.25, -0.2) is 4.79 Å². The fraction of sp³-hybridized carbons (Fsp3) is 0.500. The van der Waals surface area contributed by atoms with Crippen molar-refractivity contribution in [2.24, 2.45) is 0 Å². The van der Waals surface area contributed by atoms with Crippen molar-refractivity contribution in [2.75, 3.05) is 7.11 Å². The predicted molar refractivity (Wildman–Crippen MR) is 67.4 cm³/mol. The molecule has 0 saturated carbocycles. The number of hydrogen-bond donors (Lipinski definition) is 0. The molecule has 3 heteroatoms. The Morgan fingerprint density at radius 3 is 2.35 bits per heavy atom. The average molecular weight is 236 g/mol. The summed E-state index contributed by atoms with van der Waals surface area (Å²) in [5.74, 6) is 0.787. The first kappa shape index (κ1) is 13.6. The second kappa shape index (κ2) is 5.71. The predicted octanol–water partition coefficient (Wildman–Crippen LogP) is 3.06. The fourth-order valence-electron chi connectivity index (χ4n) is 1.60. The summed E-state index contributed by atoms with van der Waals surface area (Å²) in [5.41, 5.74) is 2.33. The van der Waals surface area contributed by atoms with Gasteiger partial charge in [-0.3, -0.25) is 0 Å². The first-order chi connectivity index (χ1) is 7.93. The second-order valence-electron chi connectivity index (χ2n) is 4.52. The van der Waals surface area contributed by atoms with E-state index in [0.717, 1.165) is 5.56 Å². The van der Waals surface area contributed by atoms with Crippen LogP contribution in [0.25, 0.3) is 0 Å². The number of aryl methyl sites for hydroxylation is 1. The second-order valence-corrected chi connectivity index (χ2v) is 4.52. The lowest BCUT2D eigenvalue weighted by Crippen LogP contribution is -2.24. The number of methoxy groups -OCH3 is 1. The monoisotopic (exact) mass is 236 g/mol. The van der Waals surface area contributed by atoms with E-state index in [1.165, 1.54) is 12.7 Å². The molecule has 0 heterocycles. The summed E-state index contributed by atoms with van der Waals surface area (Å²) < 4.78 is 10.2. The van der Waals surface area contributed by atoms with Gasteiger partial charge in [0.1, 0.15) is 5.75 Å².